The van der Waals surface area contributed by atoms with Gasteiger partial charge in [-0.1, -0.05) is 28.1 Å². The maximum atomic E-state index is 8.74. The van der Waals surface area contributed by atoms with Crippen molar-refractivity contribution >= 4 is 21.7 Å². The normalized spacial score (nSPS) is 9.75. The van der Waals surface area contributed by atoms with Crippen LogP contribution in [0.25, 0.3) is 11.3 Å². The first-order valence-corrected chi connectivity index (χ1v) is 5.42. The summed E-state index contributed by atoms with van der Waals surface area (Å²) < 4.78 is 1.01. The van der Waals surface area contributed by atoms with Crippen LogP contribution in [0.4, 0.5) is 5.82 Å². The second kappa shape index (κ2) is 4.33. The Morgan fingerprint density at radius 2 is 1.81 bits per heavy atom. The molecule has 1 aromatic heterocycles. The molecular weight excluding hydrogens is 266 g/mol. The smallest absolute Gasteiger partial charge is 0.142 e. The number of rotatable bonds is 1. The highest BCUT2D eigenvalue weighted by atomic mass is 79.9. The minimum absolute atomic E-state index is 0.267. The van der Waals surface area contributed by atoms with E-state index in [-0.39, 0.29) is 5.82 Å². The summed E-state index contributed by atoms with van der Waals surface area (Å²) in [6.45, 7) is 0. The Labute approximate surface area is 102 Å². The van der Waals surface area contributed by atoms with E-state index in [9.17, 15) is 0 Å². The van der Waals surface area contributed by atoms with Gasteiger partial charge in [0.25, 0.3) is 0 Å². The minimum atomic E-state index is 0.267. The van der Waals surface area contributed by atoms with Crippen molar-refractivity contribution in [3.8, 4) is 17.3 Å². The molecule has 2 aromatic rings. The van der Waals surface area contributed by atoms with Crippen LogP contribution in [0.15, 0.2) is 40.9 Å². The summed E-state index contributed by atoms with van der Waals surface area (Å²) in [5, 5.41) is 8.74. The molecule has 0 saturated heterocycles. The molecule has 0 radical (unpaired) electrons. The number of nitrogens with two attached hydrogens (primary N) is 1. The lowest BCUT2D eigenvalue weighted by atomic mass is 10.1. The van der Waals surface area contributed by atoms with Crippen LogP contribution < -0.4 is 5.73 Å². The van der Waals surface area contributed by atoms with Crippen molar-refractivity contribution in [1.29, 1.82) is 5.26 Å². The number of anilines is 1. The summed E-state index contributed by atoms with van der Waals surface area (Å²) in [7, 11) is 0. The molecular formula is C12H8BrN3. The van der Waals surface area contributed by atoms with E-state index >= 15 is 0 Å². The van der Waals surface area contributed by atoms with Crippen LogP contribution in [0.3, 0.4) is 0 Å². The molecule has 1 heterocycles. The second-order valence-electron chi connectivity index (χ2n) is 3.25. The van der Waals surface area contributed by atoms with Gasteiger partial charge in [0.05, 0.1) is 11.3 Å². The molecule has 16 heavy (non-hydrogen) atoms. The van der Waals surface area contributed by atoms with Gasteiger partial charge in [-0.3, -0.25) is 0 Å². The fraction of sp³-hybridized carbons (Fsp3) is 0. The summed E-state index contributed by atoms with van der Waals surface area (Å²) in [6.07, 6.45) is 0. The van der Waals surface area contributed by atoms with Crippen molar-refractivity contribution < 1.29 is 0 Å². The quantitative estimate of drug-likeness (QED) is 0.869. The zero-order valence-corrected chi connectivity index (χ0v) is 9.90. The van der Waals surface area contributed by atoms with Crippen molar-refractivity contribution in [2.45, 2.75) is 0 Å². The van der Waals surface area contributed by atoms with Gasteiger partial charge in [-0.15, -0.1) is 0 Å². The van der Waals surface area contributed by atoms with Gasteiger partial charge < -0.3 is 5.73 Å². The van der Waals surface area contributed by atoms with Gasteiger partial charge in [0.1, 0.15) is 11.9 Å². The van der Waals surface area contributed by atoms with Gasteiger partial charge in [-0.25, -0.2) is 4.98 Å². The molecule has 0 unspecified atom stereocenters. The van der Waals surface area contributed by atoms with Crippen molar-refractivity contribution in [2.24, 2.45) is 0 Å². The van der Waals surface area contributed by atoms with Gasteiger partial charge >= 0.3 is 0 Å². The number of benzene rings is 1. The largest absolute Gasteiger partial charge is 0.383 e. The fourth-order valence-corrected chi connectivity index (χ4v) is 1.62. The lowest BCUT2D eigenvalue weighted by Gasteiger charge is -2.03. The van der Waals surface area contributed by atoms with Crippen molar-refractivity contribution in [1.82, 2.24) is 4.98 Å². The first-order chi connectivity index (χ1) is 7.70. The number of pyridine rings is 1. The lowest BCUT2D eigenvalue weighted by molar-refractivity contribution is 1.31. The number of nitrogens with zero attached hydrogens (tertiary/aromatic N) is 2. The highest BCUT2D eigenvalue weighted by Crippen LogP contribution is 2.21. The summed E-state index contributed by atoms with van der Waals surface area (Å²) in [5.41, 5.74) is 7.80. The second-order valence-corrected chi connectivity index (χ2v) is 4.16. The highest BCUT2D eigenvalue weighted by Gasteiger charge is 2.03. The number of halogens is 1. The predicted octanol–water partition coefficient (Wildman–Crippen LogP) is 2.96. The third-order valence-electron chi connectivity index (χ3n) is 2.19. The van der Waals surface area contributed by atoms with Crippen LogP contribution in [0.2, 0.25) is 0 Å². The van der Waals surface area contributed by atoms with E-state index in [1.54, 1.807) is 12.1 Å². The number of nitrogen functional groups attached to an aromatic ring is 1. The van der Waals surface area contributed by atoms with Gasteiger partial charge in [0, 0.05) is 10.0 Å². The zero-order valence-electron chi connectivity index (χ0n) is 8.31. The third kappa shape index (κ3) is 2.05. The summed E-state index contributed by atoms with van der Waals surface area (Å²) >= 11 is 3.37. The number of nitriles is 1. The van der Waals surface area contributed by atoms with Crippen LogP contribution in [0.5, 0.6) is 0 Å². The Morgan fingerprint density at radius 1 is 1.12 bits per heavy atom. The molecule has 78 valence electrons. The number of hydrogen-bond donors (Lipinski definition) is 1. The average Bonchev–Trinajstić information content (AvgIpc) is 2.30. The van der Waals surface area contributed by atoms with E-state index in [2.05, 4.69) is 20.9 Å². The van der Waals surface area contributed by atoms with Gasteiger partial charge in [0.15, 0.2) is 0 Å². The molecule has 0 spiro atoms. The van der Waals surface area contributed by atoms with Crippen LogP contribution in [0, 0.1) is 11.3 Å². The van der Waals surface area contributed by atoms with Crippen LogP contribution in [-0.4, -0.2) is 4.98 Å². The maximum Gasteiger partial charge on any atom is 0.142 e. The first-order valence-electron chi connectivity index (χ1n) is 4.63. The molecule has 2 N–H and O–H groups in total. The molecule has 4 heteroatoms. The Kier molecular flexibility index (Phi) is 2.88. The fourth-order valence-electron chi connectivity index (χ4n) is 1.35. The Balaban J connectivity index is 2.46. The zero-order chi connectivity index (χ0) is 11.5. The Bertz CT molecular complexity index is 555. The van der Waals surface area contributed by atoms with E-state index in [0.717, 1.165) is 15.7 Å². The molecule has 0 amide bonds. The SMILES string of the molecule is N#Cc1ccc(-c2ccc(Br)cc2)nc1N. The van der Waals surface area contributed by atoms with Crippen molar-refractivity contribution in [3.63, 3.8) is 0 Å². The highest BCUT2D eigenvalue weighted by molar-refractivity contribution is 9.10. The predicted molar refractivity (Wildman–Crippen MR) is 66.5 cm³/mol. The molecule has 0 bridgehead atoms. The van der Waals surface area contributed by atoms with Crippen LogP contribution >= 0.6 is 15.9 Å². The topological polar surface area (TPSA) is 62.7 Å². The molecule has 2 rings (SSSR count). The molecule has 0 aliphatic rings. The molecule has 0 aliphatic heterocycles. The van der Waals surface area contributed by atoms with E-state index in [1.165, 1.54) is 0 Å². The van der Waals surface area contributed by atoms with E-state index in [4.69, 9.17) is 11.0 Å². The molecule has 0 aliphatic carbocycles. The minimum Gasteiger partial charge on any atom is -0.383 e. The standard InChI is InChI=1S/C12H8BrN3/c13-10-4-1-8(2-5-10)11-6-3-9(7-14)12(15)16-11/h1-6H,(H2,15,16). The molecule has 0 fully saturated rings. The molecule has 1 aromatic carbocycles. The lowest BCUT2D eigenvalue weighted by Crippen LogP contribution is -1.95. The van der Waals surface area contributed by atoms with Crippen LogP contribution in [-0.2, 0) is 0 Å². The van der Waals surface area contributed by atoms with Gasteiger partial charge in [-0.2, -0.15) is 5.26 Å². The average molecular weight is 274 g/mol. The van der Waals surface area contributed by atoms with E-state index < -0.39 is 0 Å². The first kappa shape index (κ1) is 10.7. The molecule has 0 atom stereocenters. The number of aromatic nitrogens is 1. The third-order valence-corrected chi connectivity index (χ3v) is 2.71. The summed E-state index contributed by atoms with van der Waals surface area (Å²) in [6, 6.07) is 13.2. The Morgan fingerprint density at radius 3 is 2.38 bits per heavy atom. The maximum absolute atomic E-state index is 8.74. The summed E-state index contributed by atoms with van der Waals surface area (Å²) in [5.74, 6) is 0.267. The van der Waals surface area contributed by atoms with Crippen LogP contribution in [0.1, 0.15) is 5.56 Å². The number of hydrogen-bond acceptors (Lipinski definition) is 3. The summed E-state index contributed by atoms with van der Waals surface area (Å²) in [4.78, 5) is 4.18. The van der Waals surface area contributed by atoms with E-state index in [0.29, 0.717) is 5.56 Å². The van der Waals surface area contributed by atoms with Gasteiger partial charge in [0.2, 0.25) is 0 Å². The molecule has 0 saturated carbocycles. The van der Waals surface area contributed by atoms with E-state index in [1.807, 2.05) is 30.3 Å². The van der Waals surface area contributed by atoms with Gasteiger partial charge in [-0.05, 0) is 24.3 Å². The molecule has 3 nitrogen and oxygen atoms in total. The Hall–Kier alpha value is -1.86. The monoisotopic (exact) mass is 273 g/mol. The van der Waals surface area contributed by atoms with Crippen molar-refractivity contribution in [2.75, 3.05) is 5.73 Å². The van der Waals surface area contributed by atoms with Crippen molar-refractivity contribution in [3.05, 3.63) is 46.4 Å².